The molecule has 1 aliphatic rings. The van der Waals surface area contributed by atoms with E-state index in [1.807, 2.05) is 0 Å². The molecule has 0 atom stereocenters. The van der Waals surface area contributed by atoms with Crippen LogP contribution in [0.1, 0.15) is 31.5 Å². The van der Waals surface area contributed by atoms with Gasteiger partial charge in [0.1, 0.15) is 5.78 Å². The molecule has 0 amide bonds. The molecule has 1 saturated heterocycles. The third-order valence-corrected chi connectivity index (χ3v) is 3.20. The topological polar surface area (TPSA) is 72.7 Å². The molecule has 2 heterocycles. The smallest absolute Gasteiger partial charge is 0.182 e. The second kappa shape index (κ2) is 5.86. The zero-order chi connectivity index (χ0) is 12.1. The summed E-state index contributed by atoms with van der Waals surface area (Å²) >= 11 is 0. The van der Waals surface area contributed by atoms with Crippen LogP contribution in [0.15, 0.2) is 0 Å². The summed E-state index contributed by atoms with van der Waals surface area (Å²) in [7, 11) is 1.70. The van der Waals surface area contributed by atoms with Crippen molar-refractivity contribution in [1.82, 2.24) is 25.5 Å². The molecule has 6 heteroatoms. The number of nitrogens with zero attached hydrogens (tertiary/aromatic N) is 4. The molecule has 6 nitrogen and oxygen atoms in total. The van der Waals surface area contributed by atoms with E-state index in [2.05, 4.69) is 20.7 Å². The molecule has 17 heavy (non-hydrogen) atoms. The first-order valence-corrected chi connectivity index (χ1v) is 6.19. The maximum absolute atomic E-state index is 11.7. The Morgan fingerprint density at radius 1 is 1.47 bits per heavy atom. The number of hydrogen-bond acceptors (Lipinski definition) is 5. The number of aryl methyl sites for hydroxylation is 1. The third kappa shape index (κ3) is 3.89. The van der Waals surface area contributed by atoms with E-state index in [0.717, 1.165) is 19.5 Å². The van der Waals surface area contributed by atoms with Crippen molar-refractivity contribution in [2.24, 2.45) is 13.0 Å². The van der Waals surface area contributed by atoms with Crippen molar-refractivity contribution in [3.05, 3.63) is 5.82 Å². The monoisotopic (exact) mass is 237 g/mol. The van der Waals surface area contributed by atoms with Crippen molar-refractivity contribution in [1.29, 1.82) is 0 Å². The molecule has 1 N–H and O–H groups in total. The highest BCUT2D eigenvalue weighted by Gasteiger charge is 2.15. The molecule has 1 aliphatic heterocycles. The first-order valence-electron chi connectivity index (χ1n) is 6.19. The molecule has 0 saturated carbocycles. The van der Waals surface area contributed by atoms with Gasteiger partial charge in [-0.1, -0.05) is 0 Å². The normalized spacial score (nSPS) is 17.2. The fourth-order valence-corrected chi connectivity index (χ4v) is 2.19. The number of piperidine rings is 1. The summed E-state index contributed by atoms with van der Waals surface area (Å²) in [6.07, 6.45) is 4.34. The van der Waals surface area contributed by atoms with Crippen LogP contribution in [0.25, 0.3) is 0 Å². The molecular weight excluding hydrogens is 218 g/mol. The quantitative estimate of drug-likeness (QED) is 0.786. The maximum Gasteiger partial charge on any atom is 0.182 e. The van der Waals surface area contributed by atoms with Crippen molar-refractivity contribution < 1.29 is 4.79 Å². The molecule has 1 fully saturated rings. The van der Waals surface area contributed by atoms with E-state index < -0.39 is 0 Å². The van der Waals surface area contributed by atoms with E-state index >= 15 is 0 Å². The number of Topliss-reactive ketones (excluding diaryl/α,β-unsaturated/α-hetero) is 1. The predicted molar refractivity (Wildman–Crippen MR) is 62.3 cm³/mol. The van der Waals surface area contributed by atoms with Gasteiger partial charge in [0.25, 0.3) is 0 Å². The number of nitrogens with one attached hydrogen (secondary N) is 1. The minimum absolute atomic E-state index is 0.219. The average molecular weight is 237 g/mol. The molecular formula is C11H19N5O. The number of carbonyl (C=O) groups is 1. The minimum Gasteiger partial charge on any atom is -0.317 e. The van der Waals surface area contributed by atoms with Gasteiger partial charge in [-0.15, -0.1) is 10.2 Å². The zero-order valence-corrected chi connectivity index (χ0v) is 10.2. The van der Waals surface area contributed by atoms with Gasteiger partial charge in [0, 0.05) is 6.42 Å². The highest BCUT2D eigenvalue weighted by atomic mass is 16.1. The first kappa shape index (κ1) is 12.2. The van der Waals surface area contributed by atoms with E-state index in [-0.39, 0.29) is 5.78 Å². The highest BCUT2D eigenvalue weighted by molar-refractivity contribution is 5.79. The van der Waals surface area contributed by atoms with Crippen molar-refractivity contribution in [2.75, 3.05) is 13.1 Å². The van der Waals surface area contributed by atoms with Crippen LogP contribution in [0, 0.1) is 5.92 Å². The molecule has 0 aliphatic carbocycles. The van der Waals surface area contributed by atoms with Crippen molar-refractivity contribution >= 4 is 5.78 Å². The number of carbonyl (C=O) groups excluding carboxylic acids is 1. The SMILES string of the molecule is Cn1nnc(CC(=O)CCC2CCNCC2)n1. The Morgan fingerprint density at radius 2 is 2.24 bits per heavy atom. The second-order valence-electron chi connectivity index (χ2n) is 4.64. The lowest BCUT2D eigenvalue weighted by molar-refractivity contribution is -0.118. The average Bonchev–Trinajstić information content (AvgIpc) is 2.73. The molecule has 1 aromatic heterocycles. The number of ketones is 1. The Labute approximate surface area is 101 Å². The van der Waals surface area contributed by atoms with Gasteiger partial charge in [0.15, 0.2) is 5.82 Å². The van der Waals surface area contributed by atoms with Gasteiger partial charge in [-0.2, -0.15) is 4.80 Å². The Kier molecular flexibility index (Phi) is 4.19. The van der Waals surface area contributed by atoms with E-state index in [4.69, 9.17) is 0 Å². The van der Waals surface area contributed by atoms with Crippen molar-refractivity contribution in [2.45, 2.75) is 32.1 Å². The summed E-state index contributed by atoms with van der Waals surface area (Å²) < 4.78 is 0. The van der Waals surface area contributed by atoms with Gasteiger partial charge in [-0.3, -0.25) is 4.79 Å². The molecule has 0 bridgehead atoms. The largest absolute Gasteiger partial charge is 0.317 e. The fraction of sp³-hybridized carbons (Fsp3) is 0.818. The summed E-state index contributed by atoms with van der Waals surface area (Å²) in [6, 6.07) is 0. The fourth-order valence-electron chi connectivity index (χ4n) is 2.19. The van der Waals surface area contributed by atoms with Gasteiger partial charge in [0.05, 0.1) is 13.5 Å². The van der Waals surface area contributed by atoms with Gasteiger partial charge in [-0.25, -0.2) is 0 Å². The van der Waals surface area contributed by atoms with Gasteiger partial charge < -0.3 is 5.32 Å². The standard InChI is InChI=1S/C11H19N5O/c1-16-14-11(13-15-16)8-10(17)3-2-9-4-6-12-7-5-9/h9,12H,2-8H2,1H3. The third-order valence-electron chi connectivity index (χ3n) is 3.20. The molecule has 0 aromatic carbocycles. The van der Waals surface area contributed by atoms with E-state index in [9.17, 15) is 4.79 Å². The molecule has 2 rings (SSSR count). The molecule has 0 unspecified atom stereocenters. The van der Waals surface area contributed by atoms with Crippen LogP contribution in [0.4, 0.5) is 0 Å². The van der Waals surface area contributed by atoms with Crippen LogP contribution in [0.2, 0.25) is 0 Å². The van der Waals surface area contributed by atoms with Gasteiger partial charge in [-0.05, 0) is 43.5 Å². The number of tetrazole rings is 1. The Morgan fingerprint density at radius 3 is 2.88 bits per heavy atom. The Balaban J connectivity index is 1.70. The molecule has 0 radical (unpaired) electrons. The Hall–Kier alpha value is -1.30. The molecule has 94 valence electrons. The summed E-state index contributed by atoms with van der Waals surface area (Å²) in [5.74, 6) is 1.45. The number of rotatable bonds is 5. The van der Waals surface area contributed by atoms with Crippen LogP contribution in [0.3, 0.4) is 0 Å². The summed E-state index contributed by atoms with van der Waals surface area (Å²) in [6.45, 7) is 2.18. The Bertz CT molecular complexity index is 370. The first-order chi connectivity index (χ1) is 8.24. The maximum atomic E-state index is 11.7. The van der Waals surface area contributed by atoms with Gasteiger partial charge >= 0.3 is 0 Å². The second-order valence-corrected chi connectivity index (χ2v) is 4.64. The molecule has 0 spiro atoms. The summed E-state index contributed by atoms with van der Waals surface area (Å²) in [5, 5.41) is 14.9. The van der Waals surface area contributed by atoms with Crippen LogP contribution in [-0.4, -0.2) is 39.1 Å². The number of aromatic nitrogens is 4. The van der Waals surface area contributed by atoms with E-state index in [1.165, 1.54) is 17.6 Å². The summed E-state index contributed by atoms with van der Waals surface area (Å²) in [4.78, 5) is 13.1. The lowest BCUT2D eigenvalue weighted by Crippen LogP contribution is -2.28. The van der Waals surface area contributed by atoms with Crippen LogP contribution < -0.4 is 5.32 Å². The van der Waals surface area contributed by atoms with E-state index in [1.54, 1.807) is 7.05 Å². The zero-order valence-electron chi connectivity index (χ0n) is 10.2. The van der Waals surface area contributed by atoms with Crippen LogP contribution in [0.5, 0.6) is 0 Å². The predicted octanol–water partition coefficient (Wildman–Crippen LogP) is 0.101. The van der Waals surface area contributed by atoms with Crippen LogP contribution >= 0.6 is 0 Å². The lowest BCUT2D eigenvalue weighted by atomic mass is 9.92. The minimum atomic E-state index is 0.219. The number of hydrogen-bond donors (Lipinski definition) is 1. The van der Waals surface area contributed by atoms with E-state index in [0.29, 0.717) is 24.6 Å². The molecule has 1 aromatic rings. The van der Waals surface area contributed by atoms with Gasteiger partial charge in [0.2, 0.25) is 0 Å². The lowest BCUT2D eigenvalue weighted by Gasteiger charge is -2.21. The highest BCUT2D eigenvalue weighted by Crippen LogP contribution is 2.18. The van der Waals surface area contributed by atoms with Crippen LogP contribution in [-0.2, 0) is 18.3 Å². The van der Waals surface area contributed by atoms with Crippen molar-refractivity contribution in [3.8, 4) is 0 Å². The summed E-state index contributed by atoms with van der Waals surface area (Å²) in [5.41, 5.74) is 0. The van der Waals surface area contributed by atoms with Crippen molar-refractivity contribution in [3.63, 3.8) is 0 Å².